The summed E-state index contributed by atoms with van der Waals surface area (Å²) < 4.78 is 27.1. The SMILES string of the molecule is CNCc1ccccc1NS(=O)(=O)c1cccs1. The van der Waals surface area contributed by atoms with Crippen molar-refractivity contribution < 1.29 is 8.42 Å². The van der Waals surface area contributed by atoms with Crippen LogP contribution in [0, 0.1) is 0 Å². The van der Waals surface area contributed by atoms with Gasteiger partial charge in [-0.3, -0.25) is 4.72 Å². The second-order valence-electron chi connectivity index (χ2n) is 3.73. The smallest absolute Gasteiger partial charge is 0.271 e. The number of nitrogens with one attached hydrogen (secondary N) is 2. The first-order valence-corrected chi connectivity index (χ1v) is 7.78. The van der Waals surface area contributed by atoms with Gasteiger partial charge in [0, 0.05) is 6.54 Å². The van der Waals surface area contributed by atoms with Crippen molar-refractivity contribution in [3.63, 3.8) is 0 Å². The summed E-state index contributed by atoms with van der Waals surface area (Å²) in [5, 5.41) is 4.76. The molecule has 4 nitrogen and oxygen atoms in total. The molecule has 0 spiro atoms. The van der Waals surface area contributed by atoms with Crippen molar-refractivity contribution in [3.05, 3.63) is 47.3 Å². The van der Waals surface area contributed by atoms with E-state index in [4.69, 9.17) is 0 Å². The molecule has 0 unspecified atom stereocenters. The third-order valence-electron chi connectivity index (χ3n) is 2.39. The minimum atomic E-state index is -3.47. The minimum absolute atomic E-state index is 0.321. The number of thiophene rings is 1. The maximum absolute atomic E-state index is 12.1. The van der Waals surface area contributed by atoms with Crippen molar-refractivity contribution in [3.8, 4) is 0 Å². The molecule has 0 radical (unpaired) electrons. The quantitative estimate of drug-likeness (QED) is 0.884. The monoisotopic (exact) mass is 282 g/mol. The molecule has 0 aliphatic heterocycles. The zero-order valence-corrected chi connectivity index (χ0v) is 11.5. The van der Waals surface area contributed by atoms with Crippen molar-refractivity contribution >= 4 is 27.0 Å². The highest BCUT2D eigenvalue weighted by Crippen LogP contribution is 2.22. The Hall–Kier alpha value is -1.37. The molecular weight excluding hydrogens is 268 g/mol. The second kappa shape index (κ2) is 5.51. The van der Waals surface area contributed by atoms with E-state index in [1.54, 1.807) is 23.6 Å². The predicted octanol–water partition coefficient (Wildman–Crippen LogP) is 2.27. The fraction of sp³-hybridized carbons (Fsp3) is 0.167. The van der Waals surface area contributed by atoms with Gasteiger partial charge in [-0.2, -0.15) is 0 Å². The highest BCUT2D eigenvalue weighted by molar-refractivity contribution is 7.94. The molecule has 6 heteroatoms. The third-order valence-corrected chi connectivity index (χ3v) is 5.15. The standard InChI is InChI=1S/C12H14N2O2S2/c1-13-9-10-5-2-3-6-11(10)14-18(15,16)12-7-4-8-17-12/h2-8,13-14H,9H2,1H3. The first kappa shape index (κ1) is 13.1. The number of rotatable bonds is 5. The maximum atomic E-state index is 12.1. The molecule has 2 rings (SSSR count). The first-order valence-electron chi connectivity index (χ1n) is 5.42. The molecule has 96 valence electrons. The van der Waals surface area contributed by atoms with E-state index in [2.05, 4.69) is 10.0 Å². The zero-order chi connectivity index (χ0) is 13.0. The molecule has 1 heterocycles. The third kappa shape index (κ3) is 2.90. The Morgan fingerprint density at radius 3 is 2.61 bits per heavy atom. The van der Waals surface area contributed by atoms with Crippen LogP contribution in [-0.2, 0) is 16.6 Å². The Morgan fingerprint density at radius 1 is 1.17 bits per heavy atom. The minimum Gasteiger partial charge on any atom is -0.316 e. The lowest BCUT2D eigenvalue weighted by Crippen LogP contribution is -2.15. The van der Waals surface area contributed by atoms with E-state index in [1.807, 2.05) is 25.2 Å². The Morgan fingerprint density at radius 2 is 1.94 bits per heavy atom. The number of para-hydroxylation sites is 1. The Kier molecular flexibility index (Phi) is 4.00. The Labute approximate surface area is 111 Å². The fourth-order valence-corrected chi connectivity index (χ4v) is 3.67. The number of hydrogen-bond acceptors (Lipinski definition) is 4. The average Bonchev–Trinajstić information content (AvgIpc) is 2.86. The van der Waals surface area contributed by atoms with Crippen LogP contribution < -0.4 is 10.0 Å². The molecule has 2 aromatic rings. The lowest BCUT2D eigenvalue weighted by Gasteiger charge is -2.11. The highest BCUT2D eigenvalue weighted by atomic mass is 32.2. The molecule has 0 saturated heterocycles. The second-order valence-corrected chi connectivity index (χ2v) is 6.58. The van der Waals surface area contributed by atoms with Gasteiger partial charge in [-0.15, -0.1) is 11.3 Å². The number of sulfonamides is 1. The zero-order valence-electron chi connectivity index (χ0n) is 9.88. The van der Waals surface area contributed by atoms with Gasteiger partial charge in [-0.05, 0) is 30.1 Å². The molecule has 1 aromatic carbocycles. The van der Waals surface area contributed by atoms with Crippen LogP contribution in [0.3, 0.4) is 0 Å². The summed E-state index contributed by atoms with van der Waals surface area (Å²) in [6.45, 7) is 0.614. The number of hydrogen-bond donors (Lipinski definition) is 2. The molecule has 0 bridgehead atoms. The van der Waals surface area contributed by atoms with Gasteiger partial charge >= 0.3 is 0 Å². The van der Waals surface area contributed by atoms with Crippen molar-refractivity contribution in [2.24, 2.45) is 0 Å². The molecular formula is C12H14N2O2S2. The predicted molar refractivity (Wildman–Crippen MR) is 74.3 cm³/mol. The molecule has 2 N–H and O–H groups in total. The summed E-state index contributed by atoms with van der Waals surface area (Å²) in [4.78, 5) is 0. The van der Waals surface area contributed by atoms with Crippen LogP contribution in [0.25, 0.3) is 0 Å². The van der Waals surface area contributed by atoms with Gasteiger partial charge < -0.3 is 5.32 Å². The molecule has 1 aromatic heterocycles. The average molecular weight is 282 g/mol. The topological polar surface area (TPSA) is 58.2 Å². The largest absolute Gasteiger partial charge is 0.316 e. The summed E-state index contributed by atoms with van der Waals surface area (Å²) in [7, 11) is -1.65. The van der Waals surface area contributed by atoms with E-state index >= 15 is 0 Å². The van der Waals surface area contributed by atoms with E-state index in [-0.39, 0.29) is 0 Å². The Bertz CT molecular complexity index is 607. The van der Waals surface area contributed by atoms with Crippen LogP contribution in [0.15, 0.2) is 46.0 Å². The van der Waals surface area contributed by atoms with Gasteiger partial charge in [-0.25, -0.2) is 8.42 Å². The van der Waals surface area contributed by atoms with Gasteiger partial charge in [0.15, 0.2) is 0 Å². The first-order chi connectivity index (χ1) is 8.63. The summed E-state index contributed by atoms with van der Waals surface area (Å²) in [6.07, 6.45) is 0. The van der Waals surface area contributed by atoms with Crippen molar-refractivity contribution in [2.75, 3.05) is 11.8 Å². The van der Waals surface area contributed by atoms with E-state index in [9.17, 15) is 8.42 Å². The van der Waals surface area contributed by atoms with Gasteiger partial charge in [0.25, 0.3) is 10.0 Å². The van der Waals surface area contributed by atoms with Gasteiger partial charge in [-0.1, -0.05) is 24.3 Å². The lowest BCUT2D eigenvalue weighted by molar-refractivity contribution is 0.603. The van der Waals surface area contributed by atoms with Crippen molar-refractivity contribution in [1.82, 2.24) is 5.32 Å². The molecule has 0 fully saturated rings. The highest BCUT2D eigenvalue weighted by Gasteiger charge is 2.16. The number of benzene rings is 1. The number of anilines is 1. The van der Waals surface area contributed by atoms with Crippen LogP contribution in [-0.4, -0.2) is 15.5 Å². The van der Waals surface area contributed by atoms with Crippen LogP contribution in [0.1, 0.15) is 5.56 Å². The molecule has 0 aliphatic rings. The van der Waals surface area contributed by atoms with E-state index in [0.29, 0.717) is 16.4 Å². The fourth-order valence-electron chi connectivity index (χ4n) is 1.58. The van der Waals surface area contributed by atoms with Crippen LogP contribution >= 0.6 is 11.3 Å². The molecule has 0 atom stereocenters. The molecule has 0 saturated carbocycles. The van der Waals surface area contributed by atoms with Gasteiger partial charge in [0.2, 0.25) is 0 Å². The van der Waals surface area contributed by atoms with Crippen LogP contribution in [0.2, 0.25) is 0 Å². The summed E-state index contributed by atoms with van der Waals surface area (Å²) in [6, 6.07) is 10.7. The van der Waals surface area contributed by atoms with E-state index in [0.717, 1.165) is 5.56 Å². The van der Waals surface area contributed by atoms with Crippen LogP contribution in [0.4, 0.5) is 5.69 Å². The van der Waals surface area contributed by atoms with Crippen LogP contribution in [0.5, 0.6) is 0 Å². The Balaban J connectivity index is 2.29. The van der Waals surface area contributed by atoms with E-state index < -0.39 is 10.0 Å². The molecule has 0 aliphatic carbocycles. The molecule has 18 heavy (non-hydrogen) atoms. The molecule has 0 amide bonds. The van der Waals surface area contributed by atoms with Gasteiger partial charge in [0.05, 0.1) is 5.69 Å². The maximum Gasteiger partial charge on any atom is 0.271 e. The summed E-state index contributed by atoms with van der Waals surface area (Å²) in [5.74, 6) is 0. The van der Waals surface area contributed by atoms with Gasteiger partial charge in [0.1, 0.15) is 4.21 Å². The normalized spacial score (nSPS) is 11.4. The van der Waals surface area contributed by atoms with E-state index in [1.165, 1.54) is 11.3 Å². The summed E-state index contributed by atoms with van der Waals surface area (Å²) in [5.41, 5.74) is 1.53. The van der Waals surface area contributed by atoms with Crippen molar-refractivity contribution in [2.45, 2.75) is 10.8 Å². The summed E-state index contributed by atoms with van der Waals surface area (Å²) >= 11 is 1.20. The van der Waals surface area contributed by atoms with Crippen molar-refractivity contribution in [1.29, 1.82) is 0 Å². The lowest BCUT2D eigenvalue weighted by atomic mass is 10.2.